The molecule has 7 nitrogen and oxygen atoms in total. The van der Waals surface area contributed by atoms with Crippen molar-refractivity contribution in [1.29, 1.82) is 0 Å². The van der Waals surface area contributed by atoms with Gasteiger partial charge in [-0.15, -0.1) is 0 Å². The second-order valence-electron chi connectivity index (χ2n) is 7.34. The Hall–Kier alpha value is -2.58. The van der Waals surface area contributed by atoms with Crippen LogP contribution in [0.4, 0.5) is 0 Å². The van der Waals surface area contributed by atoms with E-state index in [1.54, 1.807) is 29.2 Å². The van der Waals surface area contributed by atoms with Crippen molar-refractivity contribution >= 4 is 15.9 Å². The lowest BCUT2D eigenvalue weighted by atomic mass is 10.1. The van der Waals surface area contributed by atoms with E-state index in [-0.39, 0.29) is 25.6 Å². The fourth-order valence-corrected chi connectivity index (χ4v) is 5.03. The number of nitrogens with zero attached hydrogens (tertiary/aromatic N) is 2. The SMILES string of the molecule is Cc1ccc(S(=O)(=O)N2CCN(C(=O)[C@@H]3COc4ccccc4O3)CC2)cc1C. The first kappa shape index (κ1) is 19.7. The molecule has 2 heterocycles. The fourth-order valence-electron chi connectivity index (χ4n) is 3.52. The van der Waals surface area contributed by atoms with Gasteiger partial charge in [0.1, 0.15) is 6.61 Å². The molecule has 0 aliphatic carbocycles. The Labute approximate surface area is 170 Å². The number of aryl methyl sites for hydroxylation is 2. The van der Waals surface area contributed by atoms with Gasteiger partial charge in [0.15, 0.2) is 11.5 Å². The number of sulfonamides is 1. The van der Waals surface area contributed by atoms with Crippen LogP contribution in [0.15, 0.2) is 47.4 Å². The molecular weight excluding hydrogens is 392 g/mol. The first-order valence-corrected chi connectivity index (χ1v) is 11.0. The molecule has 29 heavy (non-hydrogen) atoms. The van der Waals surface area contributed by atoms with Gasteiger partial charge >= 0.3 is 0 Å². The lowest BCUT2D eigenvalue weighted by Crippen LogP contribution is -2.55. The molecule has 0 N–H and O–H groups in total. The molecule has 0 radical (unpaired) electrons. The first-order chi connectivity index (χ1) is 13.9. The maximum Gasteiger partial charge on any atom is 0.267 e. The highest BCUT2D eigenvalue weighted by Crippen LogP contribution is 2.31. The van der Waals surface area contributed by atoms with Crippen molar-refractivity contribution in [3.63, 3.8) is 0 Å². The van der Waals surface area contributed by atoms with Crippen LogP contribution in [-0.2, 0) is 14.8 Å². The molecule has 8 heteroatoms. The summed E-state index contributed by atoms with van der Waals surface area (Å²) in [5.41, 5.74) is 1.99. The highest BCUT2D eigenvalue weighted by Gasteiger charge is 2.35. The first-order valence-electron chi connectivity index (χ1n) is 9.61. The summed E-state index contributed by atoms with van der Waals surface area (Å²) in [7, 11) is -3.58. The summed E-state index contributed by atoms with van der Waals surface area (Å²) in [4.78, 5) is 14.8. The molecule has 0 bridgehead atoms. The maximum absolute atomic E-state index is 12.9. The van der Waals surface area contributed by atoms with Crippen LogP contribution in [0.5, 0.6) is 11.5 Å². The lowest BCUT2D eigenvalue weighted by molar-refractivity contribution is -0.142. The van der Waals surface area contributed by atoms with Crippen molar-refractivity contribution in [2.75, 3.05) is 32.8 Å². The molecule has 2 aromatic rings. The van der Waals surface area contributed by atoms with Crippen LogP contribution < -0.4 is 9.47 Å². The molecule has 1 amide bonds. The number of hydrogen-bond donors (Lipinski definition) is 0. The van der Waals surface area contributed by atoms with Crippen molar-refractivity contribution in [2.45, 2.75) is 24.8 Å². The van der Waals surface area contributed by atoms with Gasteiger partial charge in [-0.3, -0.25) is 4.79 Å². The van der Waals surface area contributed by atoms with Gasteiger partial charge in [-0.25, -0.2) is 8.42 Å². The zero-order valence-corrected chi connectivity index (χ0v) is 17.3. The minimum absolute atomic E-state index is 0.150. The topological polar surface area (TPSA) is 76.2 Å². The zero-order valence-electron chi connectivity index (χ0n) is 16.5. The number of piperazine rings is 1. The lowest BCUT2D eigenvalue weighted by Gasteiger charge is -2.36. The summed E-state index contributed by atoms with van der Waals surface area (Å²) in [5.74, 6) is 0.997. The summed E-state index contributed by atoms with van der Waals surface area (Å²) < 4.78 is 38.7. The zero-order chi connectivity index (χ0) is 20.6. The van der Waals surface area contributed by atoms with Crippen LogP contribution in [0, 0.1) is 13.8 Å². The molecule has 0 aromatic heterocycles. The molecule has 1 atom stereocenters. The predicted molar refractivity (Wildman–Crippen MR) is 108 cm³/mol. The van der Waals surface area contributed by atoms with E-state index in [2.05, 4.69) is 0 Å². The van der Waals surface area contributed by atoms with E-state index in [9.17, 15) is 13.2 Å². The Kier molecular flexibility index (Phi) is 5.23. The van der Waals surface area contributed by atoms with Gasteiger partial charge in [-0.05, 0) is 49.2 Å². The van der Waals surface area contributed by atoms with Gasteiger partial charge in [0.2, 0.25) is 16.1 Å². The molecule has 2 aromatic carbocycles. The normalized spacial score (nSPS) is 19.8. The van der Waals surface area contributed by atoms with Gasteiger partial charge < -0.3 is 14.4 Å². The van der Waals surface area contributed by atoms with Gasteiger partial charge in [0, 0.05) is 26.2 Å². The summed E-state index contributed by atoms with van der Waals surface area (Å²) >= 11 is 0. The summed E-state index contributed by atoms with van der Waals surface area (Å²) in [6.07, 6.45) is -0.715. The molecule has 1 fully saturated rings. The number of fused-ring (bicyclic) bond motifs is 1. The Morgan fingerprint density at radius 2 is 1.66 bits per heavy atom. The Morgan fingerprint density at radius 3 is 2.34 bits per heavy atom. The Balaban J connectivity index is 1.40. The van der Waals surface area contributed by atoms with Crippen molar-refractivity contribution < 1.29 is 22.7 Å². The Morgan fingerprint density at radius 1 is 0.966 bits per heavy atom. The molecule has 2 aliphatic heterocycles. The van der Waals surface area contributed by atoms with Crippen LogP contribution in [0.2, 0.25) is 0 Å². The molecule has 1 saturated heterocycles. The second kappa shape index (κ2) is 7.68. The molecule has 0 unspecified atom stereocenters. The molecule has 4 rings (SSSR count). The fraction of sp³-hybridized carbons (Fsp3) is 0.381. The average molecular weight is 416 g/mol. The highest BCUT2D eigenvalue weighted by molar-refractivity contribution is 7.89. The van der Waals surface area contributed by atoms with Gasteiger partial charge in [0.05, 0.1) is 4.90 Å². The third-order valence-corrected chi connectivity index (χ3v) is 7.35. The van der Waals surface area contributed by atoms with Crippen LogP contribution in [0.1, 0.15) is 11.1 Å². The molecule has 0 saturated carbocycles. The van der Waals surface area contributed by atoms with Crippen LogP contribution in [0.25, 0.3) is 0 Å². The number of carbonyl (C=O) groups is 1. The summed E-state index contributed by atoms with van der Waals surface area (Å²) in [6.45, 7) is 5.16. The van der Waals surface area contributed by atoms with Crippen LogP contribution in [-0.4, -0.2) is 62.4 Å². The maximum atomic E-state index is 12.9. The van der Waals surface area contributed by atoms with E-state index in [0.29, 0.717) is 29.5 Å². The molecule has 154 valence electrons. The monoisotopic (exact) mass is 416 g/mol. The number of benzene rings is 2. The number of ether oxygens (including phenoxy) is 2. The average Bonchev–Trinajstić information content (AvgIpc) is 2.74. The predicted octanol–water partition coefficient (Wildman–Crippen LogP) is 1.98. The van der Waals surface area contributed by atoms with Gasteiger partial charge in [-0.2, -0.15) is 4.31 Å². The number of rotatable bonds is 3. The van der Waals surface area contributed by atoms with Crippen molar-refractivity contribution in [1.82, 2.24) is 9.21 Å². The highest BCUT2D eigenvalue weighted by atomic mass is 32.2. The number of hydrogen-bond acceptors (Lipinski definition) is 5. The minimum Gasteiger partial charge on any atom is -0.485 e. The van der Waals surface area contributed by atoms with E-state index in [1.165, 1.54) is 4.31 Å². The van der Waals surface area contributed by atoms with E-state index in [4.69, 9.17) is 9.47 Å². The quantitative estimate of drug-likeness (QED) is 0.765. The van der Waals surface area contributed by atoms with Crippen LogP contribution >= 0.6 is 0 Å². The third-order valence-electron chi connectivity index (χ3n) is 5.45. The summed E-state index contributed by atoms with van der Waals surface area (Å²) in [5, 5.41) is 0. The minimum atomic E-state index is -3.58. The number of para-hydroxylation sites is 2. The molecule has 2 aliphatic rings. The van der Waals surface area contributed by atoms with E-state index in [0.717, 1.165) is 11.1 Å². The summed E-state index contributed by atoms with van der Waals surface area (Å²) in [6, 6.07) is 12.4. The van der Waals surface area contributed by atoms with E-state index >= 15 is 0 Å². The van der Waals surface area contributed by atoms with E-state index in [1.807, 2.05) is 32.0 Å². The number of amides is 1. The van der Waals surface area contributed by atoms with Gasteiger partial charge in [0.25, 0.3) is 5.91 Å². The standard InChI is InChI=1S/C21H24N2O5S/c1-15-7-8-17(13-16(15)2)29(25,26)23-11-9-22(10-12-23)21(24)20-14-27-18-5-3-4-6-19(18)28-20/h3-8,13,20H,9-12,14H2,1-2H3/t20-/m0/s1. The van der Waals surface area contributed by atoms with Crippen molar-refractivity contribution in [3.05, 3.63) is 53.6 Å². The number of carbonyl (C=O) groups excluding carboxylic acids is 1. The van der Waals surface area contributed by atoms with Crippen molar-refractivity contribution in [3.8, 4) is 11.5 Å². The van der Waals surface area contributed by atoms with Crippen LogP contribution in [0.3, 0.4) is 0 Å². The smallest absolute Gasteiger partial charge is 0.267 e. The Bertz CT molecular complexity index is 1030. The third kappa shape index (κ3) is 3.82. The largest absolute Gasteiger partial charge is 0.485 e. The second-order valence-corrected chi connectivity index (χ2v) is 9.28. The molecular formula is C21H24N2O5S. The van der Waals surface area contributed by atoms with Gasteiger partial charge in [-0.1, -0.05) is 18.2 Å². The molecule has 0 spiro atoms. The van der Waals surface area contributed by atoms with E-state index < -0.39 is 16.1 Å². The van der Waals surface area contributed by atoms with Crippen molar-refractivity contribution in [2.24, 2.45) is 0 Å².